The van der Waals surface area contributed by atoms with E-state index in [2.05, 4.69) is 4.90 Å². The molecule has 2 aliphatic heterocycles. The van der Waals surface area contributed by atoms with Crippen LogP contribution in [0.3, 0.4) is 0 Å². The Bertz CT molecular complexity index is 450. The van der Waals surface area contributed by atoms with Gasteiger partial charge >= 0.3 is 0 Å². The number of ether oxygens (including phenoxy) is 2. The van der Waals surface area contributed by atoms with Crippen LogP contribution in [-0.2, 0) is 14.3 Å². The second-order valence-corrected chi connectivity index (χ2v) is 8.87. The van der Waals surface area contributed by atoms with Crippen LogP contribution in [0.2, 0.25) is 0 Å². The van der Waals surface area contributed by atoms with Crippen molar-refractivity contribution in [3.05, 3.63) is 0 Å². The maximum atomic E-state index is 13.6. The van der Waals surface area contributed by atoms with Crippen molar-refractivity contribution in [2.45, 2.75) is 70.1 Å². The predicted molar refractivity (Wildman–Crippen MR) is 85.6 cm³/mol. The average Bonchev–Trinajstić information content (AvgIpc) is 3.07. The molecule has 4 nitrogen and oxygen atoms in total. The summed E-state index contributed by atoms with van der Waals surface area (Å²) < 4.78 is 11.6. The molecule has 6 fully saturated rings. The number of amides is 1. The molecule has 6 aliphatic rings. The molecule has 2 saturated heterocycles. The first-order valence-corrected chi connectivity index (χ1v) is 9.78. The molecule has 0 aromatic heterocycles. The average molecular weight is 319 g/mol. The van der Waals surface area contributed by atoms with E-state index in [0.717, 1.165) is 56.4 Å². The topological polar surface area (TPSA) is 38.8 Å². The molecule has 23 heavy (non-hydrogen) atoms. The highest BCUT2D eigenvalue weighted by Gasteiger charge is 2.56. The van der Waals surface area contributed by atoms with Gasteiger partial charge < -0.3 is 14.4 Å². The number of rotatable bonds is 2. The van der Waals surface area contributed by atoms with Crippen LogP contribution in [0.4, 0.5) is 0 Å². The van der Waals surface area contributed by atoms with Gasteiger partial charge in [0.05, 0.1) is 24.7 Å². The Kier molecular flexibility index (Phi) is 3.49. The van der Waals surface area contributed by atoms with Crippen molar-refractivity contribution in [2.24, 2.45) is 23.2 Å². The SMILES string of the molecule is O=C(N1CCCC[C@@H]1C1OCCO1)C12CC3CC(CC(C3)C1)C2. The summed E-state index contributed by atoms with van der Waals surface area (Å²) >= 11 is 0. The molecule has 0 N–H and O–H groups in total. The largest absolute Gasteiger partial charge is 0.348 e. The molecular weight excluding hydrogens is 290 g/mol. The third kappa shape index (κ3) is 2.36. The summed E-state index contributed by atoms with van der Waals surface area (Å²) in [5.74, 6) is 2.94. The van der Waals surface area contributed by atoms with Crippen LogP contribution in [0.25, 0.3) is 0 Å². The molecule has 128 valence electrons. The summed E-state index contributed by atoms with van der Waals surface area (Å²) in [7, 11) is 0. The van der Waals surface area contributed by atoms with Crippen molar-refractivity contribution >= 4 is 5.91 Å². The predicted octanol–water partition coefficient (Wildman–Crippen LogP) is 2.96. The Hall–Kier alpha value is -0.610. The van der Waals surface area contributed by atoms with Crippen LogP contribution in [0.5, 0.6) is 0 Å². The second kappa shape index (κ2) is 5.45. The number of hydrogen-bond acceptors (Lipinski definition) is 3. The van der Waals surface area contributed by atoms with Crippen molar-refractivity contribution in [1.82, 2.24) is 4.90 Å². The second-order valence-electron chi connectivity index (χ2n) is 8.87. The van der Waals surface area contributed by atoms with Gasteiger partial charge in [0.2, 0.25) is 5.91 Å². The van der Waals surface area contributed by atoms with Crippen LogP contribution in [0.15, 0.2) is 0 Å². The van der Waals surface area contributed by atoms with Crippen molar-refractivity contribution in [2.75, 3.05) is 19.8 Å². The first-order chi connectivity index (χ1) is 11.2. The number of piperidine rings is 1. The zero-order chi connectivity index (χ0) is 15.4. The molecule has 2 heterocycles. The minimum Gasteiger partial charge on any atom is -0.348 e. The van der Waals surface area contributed by atoms with E-state index in [-0.39, 0.29) is 17.7 Å². The van der Waals surface area contributed by atoms with Crippen LogP contribution < -0.4 is 0 Å². The van der Waals surface area contributed by atoms with E-state index < -0.39 is 0 Å². The Balaban J connectivity index is 1.40. The fourth-order valence-corrected chi connectivity index (χ4v) is 6.77. The van der Waals surface area contributed by atoms with E-state index in [1.54, 1.807) is 0 Å². The van der Waals surface area contributed by atoms with E-state index in [1.807, 2.05) is 0 Å². The highest BCUT2D eigenvalue weighted by Crippen LogP contribution is 2.60. The van der Waals surface area contributed by atoms with Gasteiger partial charge in [-0.15, -0.1) is 0 Å². The van der Waals surface area contributed by atoms with E-state index in [1.165, 1.54) is 25.7 Å². The molecular formula is C19H29NO3. The van der Waals surface area contributed by atoms with Crippen molar-refractivity contribution in [1.29, 1.82) is 0 Å². The summed E-state index contributed by atoms with van der Waals surface area (Å²) in [5, 5.41) is 0. The van der Waals surface area contributed by atoms with E-state index >= 15 is 0 Å². The van der Waals surface area contributed by atoms with Crippen LogP contribution in [0.1, 0.15) is 57.8 Å². The first-order valence-electron chi connectivity index (χ1n) is 9.78. The maximum absolute atomic E-state index is 13.6. The molecule has 6 rings (SSSR count). The molecule has 0 unspecified atom stereocenters. The summed E-state index contributed by atoms with van der Waals surface area (Å²) in [6.07, 6.45) is 10.9. The lowest BCUT2D eigenvalue weighted by atomic mass is 9.49. The van der Waals surface area contributed by atoms with E-state index in [4.69, 9.17) is 9.47 Å². The Morgan fingerprint density at radius 1 is 0.913 bits per heavy atom. The lowest BCUT2D eigenvalue weighted by molar-refractivity contribution is -0.173. The molecule has 4 bridgehead atoms. The quantitative estimate of drug-likeness (QED) is 0.785. The van der Waals surface area contributed by atoms with Crippen molar-refractivity contribution in [3.8, 4) is 0 Å². The van der Waals surface area contributed by atoms with Gasteiger partial charge in [-0.25, -0.2) is 0 Å². The van der Waals surface area contributed by atoms with E-state index in [9.17, 15) is 4.79 Å². The maximum Gasteiger partial charge on any atom is 0.229 e. The molecule has 0 aromatic carbocycles. The van der Waals surface area contributed by atoms with Gasteiger partial charge in [0, 0.05) is 6.54 Å². The zero-order valence-electron chi connectivity index (χ0n) is 14.0. The lowest BCUT2D eigenvalue weighted by Crippen LogP contribution is -2.59. The van der Waals surface area contributed by atoms with Gasteiger partial charge in [-0.1, -0.05) is 0 Å². The third-order valence-electron chi connectivity index (χ3n) is 7.26. The van der Waals surface area contributed by atoms with Gasteiger partial charge in [-0.2, -0.15) is 0 Å². The van der Waals surface area contributed by atoms with Crippen LogP contribution >= 0.6 is 0 Å². The smallest absolute Gasteiger partial charge is 0.229 e. The molecule has 1 atom stereocenters. The van der Waals surface area contributed by atoms with Gasteiger partial charge in [-0.05, 0) is 75.5 Å². The standard InChI is InChI=1S/C19H29NO3/c21-18(19-10-13-7-14(11-19)9-15(8-13)12-19)20-4-2-1-3-16(20)17-22-5-6-23-17/h13-17H,1-12H2/t13?,14?,15?,16-,19?/m1/s1. The molecule has 1 amide bonds. The first kappa shape index (κ1) is 14.7. The summed E-state index contributed by atoms with van der Waals surface area (Å²) in [6.45, 7) is 2.27. The van der Waals surface area contributed by atoms with E-state index in [0.29, 0.717) is 19.1 Å². The number of likely N-dealkylation sites (tertiary alicyclic amines) is 1. The molecule has 4 saturated carbocycles. The highest BCUT2D eigenvalue weighted by molar-refractivity contribution is 5.83. The molecule has 4 heteroatoms. The summed E-state index contributed by atoms with van der Waals surface area (Å²) in [5.41, 5.74) is -0.0249. The monoisotopic (exact) mass is 319 g/mol. The number of carbonyl (C=O) groups is 1. The zero-order valence-corrected chi connectivity index (χ0v) is 14.0. The highest BCUT2D eigenvalue weighted by atomic mass is 16.7. The summed E-state index contributed by atoms with van der Waals surface area (Å²) in [4.78, 5) is 15.8. The molecule has 0 spiro atoms. The Morgan fingerprint density at radius 3 is 2.13 bits per heavy atom. The minimum absolute atomic E-state index is 0.0249. The normalized spacial score (nSPS) is 46.5. The molecule has 4 aliphatic carbocycles. The molecule has 0 aromatic rings. The van der Waals surface area contributed by atoms with Gasteiger partial charge in [0.1, 0.15) is 0 Å². The van der Waals surface area contributed by atoms with Crippen molar-refractivity contribution in [3.63, 3.8) is 0 Å². The fourth-order valence-electron chi connectivity index (χ4n) is 6.77. The number of carbonyl (C=O) groups excluding carboxylic acids is 1. The van der Waals surface area contributed by atoms with Gasteiger partial charge in [0.25, 0.3) is 0 Å². The number of nitrogens with zero attached hydrogens (tertiary/aromatic N) is 1. The lowest BCUT2D eigenvalue weighted by Gasteiger charge is -2.57. The van der Waals surface area contributed by atoms with Gasteiger partial charge in [-0.3, -0.25) is 4.79 Å². The number of hydrogen-bond donors (Lipinski definition) is 0. The minimum atomic E-state index is -0.173. The fraction of sp³-hybridized carbons (Fsp3) is 0.947. The van der Waals surface area contributed by atoms with Gasteiger partial charge in [0.15, 0.2) is 6.29 Å². The van der Waals surface area contributed by atoms with Crippen molar-refractivity contribution < 1.29 is 14.3 Å². The Labute approximate surface area is 138 Å². The third-order valence-corrected chi connectivity index (χ3v) is 7.26. The van der Waals surface area contributed by atoms with Crippen LogP contribution in [-0.4, -0.2) is 42.9 Å². The Morgan fingerprint density at radius 2 is 1.52 bits per heavy atom. The summed E-state index contributed by atoms with van der Waals surface area (Å²) in [6, 6.07) is 0.159. The van der Waals surface area contributed by atoms with Crippen LogP contribution in [0, 0.1) is 23.2 Å². The molecule has 0 radical (unpaired) electrons.